The first kappa shape index (κ1) is 39.2. The lowest BCUT2D eigenvalue weighted by Crippen LogP contribution is -2.29. The molecule has 2 atom stereocenters. The standard InChI is InChI=1S/2C11H17O8P/c2*1-7(2)10(12)17-5-9(6-18-20(14,15)16)19-11(13)8(3)4/h2*9H,1,3,5-6H2,2,4H3,(H2,14,15,16). The Morgan fingerprint density at radius 1 is 0.550 bits per heavy atom. The van der Waals surface area contributed by atoms with Crippen LogP contribution in [0.4, 0.5) is 0 Å². The number of phosphoric acid groups is 2. The molecule has 40 heavy (non-hydrogen) atoms. The van der Waals surface area contributed by atoms with Gasteiger partial charge in [0.15, 0.2) is 12.2 Å². The van der Waals surface area contributed by atoms with Crippen molar-refractivity contribution in [2.24, 2.45) is 0 Å². The molecule has 0 aliphatic heterocycles. The molecule has 16 nitrogen and oxygen atoms in total. The molecule has 2 unspecified atom stereocenters. The van der Waals surface area contributed by atoms with Crippen LogP contribution in [0.25, 0.3) is 0 Å². The highest BCUT2D eigenvalue weighted by Crippen LogP contribution is 2.36. The maximum atomic E-state index is 11.3. The number of hydrogen-bond donors (Lipinski definition) is 4. The number of rotatable bonds is 16. The second-order valence-electron chi connectivity index (χ2n) is 7.95. The Bertz CT molecular complexity index is 983. The minimum absolute atomic E-state index is 0.0809. The lowest BCUT2D eigenvalue weighted by atomic mass is 10.3. The number of carbonyl (C=O) groups is 4. The van der Waals surface area contributed by atoms with Crippen LogP contribution in [0, 0.1) is 0 Å². The second kappa shape index (κ2) is 18.4. The number of esters is 4. The molecule has 4 N–H and O–H groups in total. The van der Waals surface area contributed by atoms with Gasteiger partial charge in [-0.1, -0.05) is 26.3 Å². The molecule has 0 fully saturated rings. The molecule has 0 bridgehead atoms. The summed E-state index contributed by atoms with van der Waals surface area (Å²) >= 11 is 0. The van der Waals surface area contributed by atoms with Crippen LogP contribution in [0.15, 0.2) is 48.6 Å². The third-order valence-corrected chi connectivity index (χ3v) is 4.57. The van der Waals surface area contributed by atoms with Gasteiger partial charge in [0.05, 0.1) is 13.2 Å². The van der Waals surface area contributed by atoms with Crippen molar-refractivity contribution in [2.75, 3.05) is 26.4 Å². The Morgan fingerprint density at radius 2 is 0.800 bits per heavy atom. The van der Waals surface area contributed by atoms with Gasteiger partial charge in [-0.25, -0.2) is 28.3 Å². The van der Waals surface area contributed by atoms with Gasteiger partial charge in [0.25, 0.3) is 0 Å². The molecule has 0 aliphatic rings. The van der Waals surface area contributed by atoms with Crippen molar-refractivity contribution in [1.29, 1.82) is 0 Å². The zero-order chi connectivity index (χ0) is 31.8. The van der Waals surface area contributed by atoms with Crippen molar-refractivity contribution < 1.29 is 75.9 Å². The van der Waals surface area contributed by atoms with Gasteiger partial charge in [-0.3, -0.25) is 9.05 Å². The maximum Gasteiger partial charge on any atom is 0.469 e. The molecule has 0 aromatic carbocycles. The Morgan fingerprint density at radius 3 is 1.00 bits per heavy atom. The predicted octanol–water partition coefficient (Wildman–Crippen LogP) is 1.41. The van der Waals surface area contributed by atoms with Gasteiger partial charge in [-0.05, 0) is 27.7 Å². The zero-order valence-corrected chi connectivity index (χ0v) is 24.2. The van der Waals surface area contributed by atoms with Crippen molar-refractivity contribution in [3.05, 3.63) is 48.6 Å². The number of hydrogen-bond acceptors (Lipinski definition) is 12. The van der Waals surface area contributed by atoms with E-state index in [1.54, 1.807) is 0 Å². The molecule has 0 aromatic heterocycles. The quantitative estimate of drug-likeness (QED) is 0.0829. The number of carbonyl (C=O) groups excluding carboxylic acids is 4. The first-order valence-corrected chi connectivity index (χ1v) is 13.9. The fourth-order valence-electron chi connectivity index (χ4n) is 1.68. The summed E-state index contributed by atoms with van der Waals surface area (Å²) in [7, 11) is -9.45. The zero-order valence-electron chi connectivity index (χ0n) is 22.4. The van der Waals surface area contributed by atoms with Crippen LogP contribution < -0.4 is 0 Å². The van der Waals surface area contributed by atoms with Crippen LogP contribution in [0.3, 0.4) is 0 Å². The molecule has 0 saturated heterocycles. The fourth-order valence-corrected chi connectivity index (χ4v) is 2.40. The van der Waals surface area contributed by atoms with E-state index in [0.717, 1.165) is 0 Å². The van der Waals surface area contributed by atoms with Crippen molar-refractivity contribution in [3.8, 4) is 0 Å². The Labute approximate surface area is 230 Å². The lowest BCUT2D eigenvalue weighted by Gasteiger charge is -2.18. The monoisotopic (exact) mass is 616 g/mol. The van der Waals surface area contributed by atoms with E-state index in [4.69, 9.17) is 38.5 Å². The molecular weight excluding hydrogens is 582 g/mol. The first-order chi connectivity index (χ1) is 18.1. The molecule has 0 aliphatic carbocycles. The Kier molecular flexibility index (Phi) is 18.0. The molecule has 0 aromatic rings. The van der Waals surface area contributed by atoms with E-state index in [1.807, 2.05) is 0 Å². The van der Waals surface area contributed by atoms with E-state index < -0.39 is 78.2 Å². The summed E-state index contributed by atoms with van der Waals surface area (Å²) in [6.07, 6.45) is -2.34. The largest absolute Gasteiger partial charge is 0.469 e. The van der Waals surface area contributed by atoms with Crippen LogP contribution >= 0.6 is 15.6 Å². The average molecular weight is 616 g/mol. The number of ether oxygens (including phenoxy) is 4. The van der Waals surface area contributed by atoms with Crippen LogP contribution in [0.5, 0.6) is 0 Å². The Balaban J connectivity index is 0. The van der Waals surface area contributed by atoms with Crippen molar-refractivity contribution in [2.45, 2.75) is 39.9 Å². The Hall–Kier alpha value is -2.94. The summed E-state index contributed by atoms with van der Waals surface area (Å²) in [6, 6.07) is 0. The second-order valence-corrected chi connectivity index (χ2v) is 10.4. The van der Waals surface area contributed by atoms with E-state index in [0.29, 0.717) is 0 Å². The highest BCUT2D eigenvalue weighted by Gasteiger charge is 2.24. The summed E-state index contributed by atoms with van der Waals surface area (Å²) in [5.74, 6) is -3.04. The predicted molar refractivity (Wildman–Crippen MR) is 137 cm³/mol. The molecule has 0 saturated carbocycles. The lowest BCUT2D eigenvalue weighted by molar-refractivity contribution is -0.156. The van der Waals surface area contributed by atoms with Gasteiger partial charge in [-0.2, -0.15) is 0 Å². The average Bonchev–Trinajstić information content (AvgIpc) is 2.80. The van der Waals surface area contributed by atoms with E-state index in [-0.39, 0.29) is 22.3 Å². The van der Waals surface area contributed by atoms with Crippen molar-refractivity contribution >= 4 is 39.5 Å². The SMILES string of the molecule is C=C(C)C(=O)OCC(COP(=O)(O)O)OC(=O)C(=C)C.C=C(C)C(=O)OCC(COP(=O)(O)O)OC(=O)C(=C)C. The molecule has 0 spiro atoms. The highest BCUT2D eigenvalue weighted by molar-refractivity contribution is 7.46. The maximum absolute atomic E-state index is 11.3. The fraction of sp³-hybridized carbons (Fsp3) is 0.455. The highest BCUT2D eigenvalue weighted by atomic mass is 31.2. The van der Waals surface area contributed by atoms with Gasteiger partial charge in [0.1, 0.15) is 13.2 Å². The molecule has 0 amide bonds. The number of phosphoric ester groups is 2. The summed E-state index contributed by atoms with van der Waals surface area (Å²) in [5, 5.41) is 0. The van der Waals surface area contributed by atoms with Gasteiger partial charge in [0.2, 0.25) is 0 Å². The van der Waals surface area contributed by atoms with E-state index >= 15 is 0 Å². The molecule has 0 radical (unpaired) electrons. The van der Waals surface area contributed by atoms with Gasteiger partial charge in [0, 0.05) is 22.3 Å². The minimum atomic E-state index is -4.72. The van der Waals surface area contributed by atoms with E-state index in [9.17, 15) is 28.3 Å². The molecule has 228 valence electrons. The van der Waals surface area contributed by atoms with Crippen LogP contribution in [0.1, 0.15) is 27.7 Å². The molecular formula is C22H34O16P2. The first-order valence-electron chi connectivity index (χ1n) is 10.8. The summed E-state index contributed by atoms with van der Waals surface area (Å²) < 4.78 is 48.7. The minimum Gasteiger partial charge on any atom is -0.458 e. The topological polar surface area (TPSA) is 239 Å². The van der Waals surface area contributed by atoms with Crippen molar-refractivity contribution in [1.82, 2.24) is 0 Å². The normalized spacial score (nSPS) is 12.4. The van der Waals surface area contributed by atoms with Gasteiger partial charge < -0.3 is 38.5 Å². The van der Waals surface area contributed by atoms with Crippen LogP contribution in [0.2, 0.25) is 0 Å². The van der Waals surface area contributed by atoms with Crippen LogP contribution in [-0.4, -0.2) is 82.1 Å². The van der Waals surface area contributed by atoms with E-state index in [1.165, 1.54) is 27.7 Å². The van der Waals surface area contributed by atoms with Gasteiger partial charge in [-0.15, -0.1) is 0 Å². The van der Waals surface area contributed by atoms with E-state index in [2.05, 4.69) is 35.4 Å². The third kappa shape index (κ3) is 21.9. The molecule has 0 rings (SSSR count). The summed E-state index contributed by atoms with van der Waals surface area (Å²) in [4.78, 5) is 79.4. The summed E-state index contributed by atoms with van der Waals surface area (Å²) in [5.41, 5.74) is 0.423. The molecule has 18 heteroatoms. The summed E-state index contributed by atoms with van der Waals surface area (Å²) in [6.45, 7) is 16.9. The van der Waals surface area contributed by atoms with Crippen LogP contribution in [-0.2, 0) is 56.3 Å². The third-order valence-electron chi connectivity index (χ3n) is 3.60. The van der Waals surface area contributed by atoms with Crippen molar-refractivity contribution in [3.63, 3.8) is 0 Å². The smallest absolute Gasteiger partial charge is 0.458 e. The van der Waals surface area contributed by atoms with Gasteiger partial charge >= 0.3 is 39.5 Å². The molecule has 0 heterocycles.